The fourth-order valence-electron chi connectivity index (χ4n) is 2.10. The number of benzene rings is 1. The van der Waals surface area contributed by atoms with Gasteiger partial charge in [-0.1, -0.05) is 22.9 Å². The van der Waals surface area contributed by atoms with Crippen molar-refractivity contribution >= 4 is 27.3 Å². The van der Waals surface area contributed by atoms with Crippen molar-refractivity contribution in [1.29, 1.82) is 5.26 Å². The van der Waals surface area contributed by atoms with E-state index in [-0.39, 0.29) is 0 Å². The van der Waals surface area contributed by atoms with Crippen LogP contribution in [0, 0.1) is 17.2 Å². The normalized spacial score (nSPS) is 23.3. The minimum Gasteiger partial charge on any atom is -0.397 e. The number of nitrogens with zero attached hydrogens (tertiary/aromatic N) is 1. The van der Waals surface area contributed by atoms with E-state index in [0.29, 0.717) is 17.3 Å². The number of nitriles is 1. The molecular formula is C12H14BrN3. The van der Waals surface area contributed by atoms with Gasteiger partial charge in [0.25, 0.3) is 0 Å². The number of nitrogens with two attached hydrogens (primary N) is 1. The lowest BCUT2D eigenvalue weighted by atomic mass is 9.81. The number of halogens is 1. The summed E-state index contributed by atoms with van der Waals surface area (Å²) in [5, 5.41) is 12.4. The Bertz CT molecular complexity index is 444. The first-order valence-electron chi connectivity index (χ1n) is 5.35. The molecule has 1 fully saturated rings. The SMILES string of the molecule is CC1CC(Nc2c(N)cc(Br)cc2C#N)C1. The number of rotatable bonds is 2. The van der Waals surface area contributed by atoms with Crippen molar-refractivity contribution in [2.45, 2.75) is 25.8 Å². The van der Waals surface area contributed by atoms with Crippen molar-refractivity contribution in [2.24, 2.45) is 5.92 Å². The first kappa shape index (κ1) is 11.3. The Hall–Kier alpha value is -1.21. The average molecular weight is 280 g/mol. The van der Waals surface area contributed by atoms with Crippen molar-refractivity contribution in [3.63, 3.8) is 0 Å². The van der Waals surface area contributed by atoms with Gasteiger partial charge in [0.1, 0.15) is 6.07 Å². The summed E-state index contributed by atoms with van der Waals surface area (Å²) in [6.45, 7) is 2.23. The highest BCUT2D eigenvalue weighted by Gasteiger charge is 2.26. The molecule has 0 unspecified atom stereocenters. The van der Waals surface area contributed by atoms with Crippen LogP contribution < -0.4 is 11.1 Å². The van der Waals surface area contributed by atoms with Crippen LogP contribution in [0.3, 0.4) is 0 Å². The summed E-state index contributed by atoms with van der Waals surface area (Å²) in [7, 11) is 0. The number of hydrogen-bond donors (Lipinski definition) is 2. The maximum Gasteiger partial charge on any atom is 0.101 e. The molecule has 1 aliphatic carbocycles. The van der Waals surface area contributed by atoms with E-state index >= 15 is 0 Å². The zero-order chi connectivity index (χ0) is 11.7. The molecule has 0 aliphatic heterocycles. The number of hydrogen-bond acceptors (Lipinski definition) is 3. The molecule has 0 radical (unpaired) electrons. The summed E-state index contributed by atoms with van der Waals surface area (Å²) in [4.78, 5) is 0. The van der Waals surface area contributed by atoms with Gasteiger partial charge < -0.3 is 11.1 Å². The Balaban J connectivity index is 2.23. The Kier molecular flexibility index (Phi) is 3.06. The highest BCUT2D eigenvalue weighted by atomic mass is 79.9. The van der Waals surface area contributed by atoms with Crippen LogP contribution in [0.4, 0.5) is 11.4 Å². The summed E-state index contributed by atoms with van der Waals surface area (Å²) in [5.41, 5.74) is 7.93. The van der Waals surface area contributed by atoms with Crippen molar-refractivity contribution in [3.05, 3.63) is 22.2 Å². The lowest BCUT2D eigenvalue weighted by Gasteiger charge is -2.34. The minimum atomic E-state index is 0.463. The van der Waals surface area contributed by atoms with Gasteiger partial charge in [0.05, 0.1) is 16.9 Å². The number of nitrogen functional groups attached to an aromatic ring is 1. The zero-order valence-corrected chi connectivity index (χ0v) is 10.7. The van der Waals surface area contributed by atoms with Gasteiger partial charge in [-0.25, -0.2) is 0 Å². The molecule has 2 rings (SSSR count). The van der Waals surface area contributed by atoms with E-state index in [1.165, 1.54) is 0 Å². The molecular weight excluding hydrogens is 266 g/mol. The molecule has 84 valence electrons. The van der Waals surface area contributed by atoms with Crippen molar-refractivity contribution in [1.82, 2.24) is 0 Å². The molecule has 1 aromatic carbocycles. The second kappa shape index (κ2) is 4.34. The van der Waals surface area contributed by atoms with E-state index in [2.05, 4.69) is 34.2 Å². The van der Waals surface area contributed by atoms with Crippen molar-refractivity contribution in [2.75, 3.05) is 11.1 Å². The molecule has 1 aliphatic rings. The maximum atomic E-state index is 9.06. The molecule has 0 saturated heterocycles. The van der Waals surface area contributed by atoms with E-state index in [0.717, 1.165) is 28.9 Å². The second-order valence-corrected chi connectivity index (χ2v) is 5.36. The molecule has 1 saturated carbocycles. The standard InChI is InChI=1S/C12H14BrN3/c1-7-2-10(3-7)16-12-8(6-14)4-9(13)5-11(12)15/h4-5,7,10,16H,2-3,15H2,1H3. The fraction of sp³-hybridized carbons (Fsp3) is 0.417. The smallest absolute Gasteiger partial charge is 0.101 e. The summed E-state index contributed by atoms with van der Waals surface area (Å²) >= 11 is 3.34. The maximum absolute atomic E-state index is 9.06. The first-order valence-corrected chi connectivity index (χ1v) is 6.15. The summed E-state index contributed by atoms with van der Waals surface area (Å²) in [5.74, 6) is 0.778. The van der Waals surface area contributed by atoms with E-state index in [1.807, 2.05) is 6.07 Å². The Labute approximate surface area is 104 Å². The highest BCUT2D eigenvalue weighted by molar-refractivity contribution is 9.10. The van der Waals surface area contributed by atoms with E-state index < -0.39 is 0 Å². The van der Waals surface area contributed by atoms with Crippen molar-refractivity contribution in [3.8, 4) is 6.07 Å². The lowest BCUT2D eigenvalue weighted by molar-refractivity contribution is 0.309. The van der Waals surface area contributed by atoms with Gasteiger partial charge in [0.15, 0.2) is 0 Å². The molecule has 0 aromatic heterocycles. The highest BCUT2D eigenvalue weighted by Crippen LogP contribution is 2.34. The van der Waals surface area contributed by atoms with Crippen LogP contribution in [0.1, 0.15) is 25.3 Å². The number of anilines is 2. The van der Waals surface area contributed by atoms with Gasteiger partial charge in [-0.05, 0) is 30.9 Å². The summed E-state index contributed by atoms with van der Waals surface area (Å²) in [6.07, 6.45) is 2.31. The molecule has 4 heteroatoms. The third kappa shape index (κ3) is 2.14. The average Bonchev–Trinajstić information content (AvgIpc) is 2.18. The van der Waals surface area contributed by atoms with E-state index in [1.54, 1.807) is 6.07 Å². The minimum absolute atomic E-state index is 0.463. The third-order valence-corrected chi connectivity index (χ3v) is 3.43. The molecule has 0 atom stereocenters. The van der Waals surface area contributed by atoms with Gasteiger partial charge in [-0.2, -0.15) is 5.26 Å². The molecule has 0 bridgehead atoms. The number of nitrogens with one attached hydrogen (secondary N) is 1. The molecule has 3 nitrogen and oxygen atoms in total. The van der Waals surface area contributed by atoms with E-state index in [4.69, 9.17) is 11.0 Å². The predicted octanol–water partition coefficient (Wildman–Crippen LogP) is 3.11. The summed E-state index contributed by atoms with van der Waals surface area (Å²) in [6, 6.07) is 6.25. The van der Waals surface area contributed by atoms with Crippen LogP contribution in [0.15, 0.2) is 16.6 Å². The lowest BCUT2D eigenvalue weighted by Crippen LogP contribution is -2.34. The van der Waals surface area contributed by atoms with Crippen LogP contribution in [-0.4, -0.2) is 6.04 Å². The third-order valence-electron chi connectivity index (χ3n) is 2.98. The van der Waals surface area contributed by atoms with Crippen LogP contribution in [0.25, 0.3) is 0 Å². The van der Waals surface area contributed by atoms with Crippen LogP contribution in [0.5, 0.6) is 0 Å². The van der Waals surface area contributed by atoms with Crippen LogP contribution >= 0.6 is 15.9 Å². The van der Waals surface area contributed by atoms with Gasteiger partial charge in [-0.15, -0.1) is 0 Å². The van der Waals surface area contributed by atoms with Gasteiger partial charge >= 0.3 is 0 Å². The monoisotopic (exact) mass is 279 g/mol. The Morgan fingerprint density at radius 2 is 2.19 bits per heavy atom. The van der Waals surface area contributed by atoms with Gasteiger partial charge in [-0.3, -0.25) is 0 Å². The van der Waals surface area contributed by atoms with Gasteiger partial charge in [0.2, 0.25) is 0 Å². The zero-order valence-electron chi connectivity index (χ0n) is 9.13. The van der Waals surface area contributed by atoms with Crippen molar-refractivity contribution < 1.29 is 0 Å². The van der Waals surface area contributed by atoms with E-state index in [9.17, 15) is 0 Å². The molecule has 0 heterocycles. The van der Waals surface area contributed by atoms with Crippen LogP contribution in [0.2, 0.25) is 0 Å². The second-order valence-electron chi connectivity index (χ2n) is 4.45. The molecule has 0 amide bonds. The summed E-state index contributed by atoms with van der Waals surface area (Å²) < 4.78 is 0.842. The predicted molar refractivity (Wildman–Crippen MR) is 69.1 cm³/mol. The topological polar surface area (TPSA) is 61.8 Å². The molecule has 1 aromatic rings. The molecule has 3 N–H and O–H groups in total. The first-order chi connectivity index (χ1) is 7.60. The quantitative estimate of drug-likeness (QED) is 0.818. The molecule has 0 spiro atoms. The van der Waals surface area contributed by atoms with Gasteiger partial charge in [0, 0.05) is 10.5 Å². The fourth-order valence-corrected chi connectivity index (χ4v) is 2.58. The molecule has 16 heavy (non-hydrogen) atoms. The Morgan fingerprint density at radius 3 is 2.75 bits per heavy atom. The Morgan fingerprint density at radius 1 is 1.50 bits per heavy atom. The largest absolute Gasteiger partial charge is 0.397 e. The van der Waals surface area contributed by atoms with Crippen LogP contribution in [-0.2, 0) is 0 Å².